The maximum absolute atomic E-state index is 11.3. The lowest BCUT2D eigenvalue weighted by molar-refractivity contribution is 0.0593. The van der Waals surface area contributed by atoms with E-state index in [1.807, 2.05) is 0 Å². The molecule has 0 aromatic heterocycles. The van der Waals surface area contributed by atoms with Crippen molar-refractivity contribution >= 4 is 5.97 Å². The Kier molecular flexibility index (Phi) is 3.62. The lowest BCUT2D eigenvalue weighted by atomic mass is 10.0. The highest BCUT2D eigenvalue weighted by atomic mass is 16.5. The van der Waals surface area contributed by atoms with Crippen LogP contribution in [0.3, 0.4) is 0 Å². The number of aliphatic hydroxyl groups excluding tert-OH is 1. The molecule has 0 spiro atoms. The molecule has 0 saturated heterocycles. The van der Waals surface area contributed by atoms with Crippen LogP contribution in [0.2, 0.25) is 0 Å². The molecule has 0 radical (unpaired) electrons. The van der Waals surface area contributed by atoms with Gasteiger partial charge >= 0.3 is 5.97 Å². The normalized spacial score (nSPS) is 12.2. The molecule has 14 heavy (non-hydrogen) atoms. The predicted octanol–water partition coefficient (Wildman–Crippen LogP) is 0.465. The van der Waals surface area contributed by atoms with Crippen molar-refractivity contribution in [2.24, 2.45) is 5.73 Å². The number of ether oxygens (including phenoxy) is 1. The number of carbonyl (C=O) groups is 1. The van der Waals surface area contributed by atoms with Crippen LogP contribution in [0, 0.1) is 0 Å². The summed E-state index contributed by atoms with van der Waals surface area (Å²) in [6.07, 6.45) is -0.828. The molecular formula is C10H13NO3. The molecule has 1 rings (SSSR count). The van der Waals surface area contributed by atoms with E-state index in [1.54, 1.807) is 24.3 Å². The second-order valence-electron chi connectivity index (χ2n) is 2.83. The van der Waals surface area contributed by atoms with Crippen molar-refractivity contribution < 1.29 is 14.6 Å². The summed E-state index contributed by atoms with van der Waals surface area (Å²) in [7, 11) is 1.30. The van der Waals surface area contributed by atoms with Gasteiger partial charge in [0.2, 0.25) is 0 Å². The minimum atomic E-state index is -0.828. The third-order valence-electron chi connectivity index (χ3n) is 1.95. The maximum atomic E-state index is 11.3. The molecule has 0 fully saturated rings. The number of carbonyl (C=O) groups excluding carboxylic acids is 1. The Morgan fingerprint density at radius 3 is 2.79 bits per heavy atom. The van der Waals surface area contributed by atoms with Gasteiger partial charge in [-0.25, -0.2) is 4.79 Å². The first kappa shape index (κ1) is 10.7. The van der Waals surface area contributed by atoms with Crippen LogP contribution in [-0.2, 0) is 4.74 Å². The number of rotatable bonds is 3. The molecule has 0 unspecified atom stereocenters. The van der Waals surface area contributed by atoms with Gasteiger partial charge in [-0.15, -0.1) is 0 Å². The van der Waals surface area contributed by atoms with E-state index in [9.17, 15) is 9.90 Å². The molecule has 1 aromatic carbocycles. The summed E-state index contributed by atoms with van der Waals surface area (Å²) in [5.41, 5.74) is 6.17. The summed E-state index contributed by atoms with van der Waals surface area (Å²) in [5.74, 6) is -0.465. The van der Waals surface area contributed by atoms with Gasteiger partial charge in [0, 0.05) is 6.54 Å². The Morgan fingerprint density at radius 1 is 1.57 bits per heavy atom. The van der Waals surface area contributed by atoms with Gasteiger partial charge in [-0.1, -0.05) is 18.2 Å². The Balaban J connectivity index is 3.09. The van der Waals surface area contributed by atoms with Crippen molar-refractivity contribution in [2.45, 2.75) is 6.10 Å². The molecule has 0 amide bonds. The molecule has 0 bridgehead atoms. The molecule has 0 heterocycles. The number of methoxy groups -OCH3 is 1. The van der Waals surface area contributed by atoms with Crippen molar-refractivity contribution in [3.8, 4) is 0 Å². The fourth-order valence-electron chi connectivity index (χ4n) is 1.21. The van der Waals surface area contributed by atoms with Gasteiger partial charge in [0.25, 0.3) is 0 Å². The van der Waals surface area contributed by atoms with Gasteiger partial charge in [-0.05, 0) is 11.6 Å². The summed E-state index contributed by atoms with van der Waals surface area (Å²) in [6, 6.07) is 6.70. The zero-order valence-electron chi connectivity index (χ0n) is 7.93. The van der Waals surface area contributed by atoms with Gasteiger partial charge in [0.15, 0.2) is 0 Å². The van der Waals surface area contributed by atoms with Crippen LogP contribution in [0.25, 0.3) is 0 Å². The molecule has 0 aliphatic rings. The largest absolute Gasteiger partial charge is 0.465 e. The van der Waals surface area contributed by atoms with E-state index in [4.69, 9.17) is 5.73 Å². The quantitative estimate of drug-likeness (QED) is 0.687. The fourth-order valence-corrected chi connectivity index (χ4v) is 1.21. The number of esters is 1. The monoisotopic (exact) mass is 195 g/mol. The molecule has 1 aromatic rings. The van der Waals surface area contributed by atoms with Crippen molar-refractivity contribution in [2.75, 3.05) is 13.7 Å². The zero-order valence-corrected chi connectivity index (χ0v) is 7.93. The van der Waals surface area contributed by atoms with Gasteiger partial charge in [0.1, 0.15) is 0 Å². The van der Waals surface area contributed by atoms with Crippen LogP contribution in [0.5, 0.6) is 0 Å². The van der Waals surface area contributed by atoms with Crippen LogP contribution in [0.4, 0.5) is 0 Å². The summed E-state index contributed by atoms with van der Waals surface area (Å²) in [5, 5.41) is 9.52. The van der Waals surface area contributed by atoms with E-state index < -0.39 is 12.1 Å². The minimum absolute atomic E-state index is 0.0774. The zero-order chi connectivity index (χ0) is 10.6. The smallest absolute Gasteiger partial charge is 0.338 e. The average Bonchev–Trinajstić information content (AvgIpc) is 2.27. The van der Waals surface area contributed by atoms with Crippen molar-refractivity contribution in [3.63, 3.8) is 0 Å². The van der Waals surface area contributed by atoms with Crippen molar-refractivity contribution in [1.29, 1.82) is 0 Å². The lowest BCUT2D eigenvalue weighted by Crippen LogP contribution is -2.15. The average molecular weight is 195 g/mol. The minimum Gasteiger partial charge on any atom is -0.465 e. The summed E-state index contributed by atoms with van der Waals surface area (Å²) >= 11 is 0. The first-order chi connectivity index (χ1) is 6.70. The van der Waals surface area contributed by atoms with Crippen LogP contribution in [0.15, 0.2) is 24.3 Å². The first-order valence-corrected chi connectivity index (χ1v) is 4.26. The van der Waals surface area contributed by atoms with Gasteiger partial charge < -0.3 is 15.6 Å². The second kappa shape index (κ2) is 4.74. The van der Waals surface area contributed by atoms with Crippen molar-refractivity contribution in [1.82, 2.24) is 0 Å². The highest BCUT2D eigenvalue weighted by Crippen LogP contribution is 2.17. The van der Waals surface area contributed by atoms with Gasteiger partial charge in [-0.3, -0.25) is 0 Å². The van der Waals surface area contributed by atoms with Crippen LogP contribution >= 0.6 is 0 Å². The molecule has 76 valence electrons. The van der Waals surface area contributed by atoms with Gasteiger partial charge in [-0.2, -0.15) is 0 Å². The second-order valence-corrected chi connectivity index (χ2v) is 2.83. The summed E-state index contributed by atoms with van der Waals surface area (Å²) < 4.78 is 4.58. The van der Waals surface area contributed by atoms with Crippen LogP contribution in [-0.4, -0.2) is 24.7 Å². The van der Waals surface area contributed by atoms with E-state index in [-0.39, 0.29) is 6.54 Å². The number of aliphatic hydroxyl groups is 1. The lowest BCUT2D eigenvalue weighted by Gasteiger charge is -2.11. The van der Waals surface area contributed by atoms with E-state index in [1.165, 1.54) is 7.11 Å². The maximum Gasteiger partial charge on any atom is 0.338 e. The molecule has 0 aliphatic carbocycles. The van der Waals surface area contributed by atoms with E-state index in [2.05, 4.69) is 4.74 Å². The number of benzene rings is 1. The highest BCUT2D eigenvalue weighted by molar-refractivity contribution is 5.91. The molecule has 4 heteroatoms. The Bertz CT molecular complexity index is 325. The third kappa shape index (κ3) is 2.10. The molecule has 0 aliphatic heterocycles. The SMILES string of the molecule is COC(=O)c1ccccc1[C@@H](O)CN. The van der Waals surface area contributed by atoms with E-state index in [0.717, 1.165) is 0 Å². The van der Waals surface area contributed by atoms with E-state index in [0.29, 0.717) is 11.1 Å². The number of hydrogen-bond acceptors (Lipinski definition) is 4. The van der Waals surface area contributed by atoms with Crippen molar-refractivity contribution in [3.05, 3.63) is 35.4 Å². The Hall–Kier alpha value is -1.39. The fraction of sp³-hybridized carbons (Fsp3) is 0.300. The number of nitrogens with two attached hydrogens (primary N) is 1. The molecular weight excluding hydrogens is 182 g/mol. The topological polar surface area (TPSA) is 72.5 Å². The van der Waals surface area contributed by atoms with Gasteiger partial charge in [0.05, 0.1) is 18.8 Å². The predicted molar refractivity (Wildman–Crippen MR) is 51.8 cm³/mol. The standard InChI is InChI=1S/C10H13NO3/c1-14-10(13)8-5-3-2-4-7(8)9(12)6-11/h2-5,9,12H,6,11H2,1H3/t9-/m0/s1. The van der Waals surface area contributed by atoms with Crippen LogP contribution in [0.1, 0.15) is 22.0 Å². The highest BCUT2D eigenvalue weighted by Gasteiger charge is 2.15. The van der Waals surface area contributed by atoms with E-state index >= 15 is 0 Å². The third-order valence-corrected chi connectivity index (χ3v) is 1.95. The Labute approximate surface area is 82.3 Å². The molecule has 0 saturated carbocycles. The summed E-state index contributed by atoms with van der Waals surface area (Å²) in [6.45, 7) is 0.0774. The molecule has 4 nitrogen and oxygen atoms in total. The van der Waals surface area contributed by atoms with Crippen LogP contribution < -0.4 is 5.73 Å². The number of hydrogen-bond donors (Lipinski definition) is 2. The molecule has 1 atom stereocenters. The summed E-state index contributed by atoms with van der Waals surface area (Å²) in [4.78, 5) is 11.3. The first-order valence-electron chi connectivity index (χ1n) is 4.26. The Morgan fingerprint density at radius 2 is 2.21 bits per heavy atom. The molecule has 3 N–H and O–H groups in total.